The fraction of sp³-hybridized carbons (Fsp3) is 0.938. The van der Waals surface area contributed by atoms with Crippen molar-refractivity contribution in [2.45, 2.75) is 79.2 Å². The number of esters is 1. The van der Waals surface area contributed by atoms with Crippen LogP contribution in [0.15, 0.2) is 0 Å². The number of rotatable bonds is 4. The van der Waals surface area contributed by atoms with Gasteiger partial charge in [-0.1, -0.05) is 26.7 Å². The summed E-state index contributed by atoms with van der Waals surface area (Å²) in [6.07, 6.45) is 5.73. The van der Waals surface area contributed by atoms with Gasteiger partial charge in [-0.3, -0.25) is 4.79 Å². The van der Waals surface area contributed by atoms with E-state index in [2.05, 4.69) is 20.8 Å². The Hall–Kier alpha value is -0.530. The van der Waals surface area contributed by atoms with Crippen molar-refractivity contribution in [1.29, 1.82) is 0 Å². The van der Waals surface area contributed by atoms with Crippen molar-refractivity contribution in [3.05, 3.63) is 0 Å². The Morgan fingerprint density at radius 3 is 2.06 bits per heavy atom. The molecule has 1 fully saturated rings. The standard InChI is InChI=1S/C16H30O2/c1-7-15(3,4)14(17)18-16(5,6)13-10-8-12(2)9-11-13/h12-13H,7-11H2,1-6H3. The number of hydrogen-bond acceptors (Lipinski definition) is 2. The summed E-state index contributed by atoms with van der Waals surface area (Å²) in [4.78, 5) is 12.2. The summed E-state index contributed by atoms with van der Waals surface area (Å²) in [5, 5.41) is 0. The molecule has 0 aliphatic heterocycles. The first kappa shape index (κ1) is 15.5. The molecule has 0 aromatic heterocycles. The first-order chi connectivity index (χ1) is 8.19. The van der Waals surface area contributed by atoms with Gasteiger partial charge in [0.2, 0.25) is 0 Å². The summed E-state index contributed by atoms with van der Waals surface area (Å²) in [6.45, 7) is 12.4. The normalized spacial score (nSPS) is 25.9. The lowest BCUT2D eigenvalue weighted by atomic mass is 9.75. The van der Waals surface area contributed by atoms with Crippen LogP contribution in [0.2, 0.25) is 0 Å². The van der Waals surface area contributed by atoms with Gasteiger partial charge in [0.15, 0.2) is 0 Å². The topological polar surface area (TPSA) is 26.3 Å². The van der Waals surface area contributed by atoms with Crippen LogP contribution in [0.1, 0.15) is 73.6 Å². The van der Waals surface area contributed by atoms with Crippen LogP contribution in [0.25, 0.3) is 0 Å². The molecule has 0 N–H and O–H groups in total. The van der Waals surface area contributed by atoms with E-state index in [1.54, 1.807) is 0 Å². The number of carbonyl (C=O) groups is 1. The largest absolute Gasteiger partial charge is 0.459 e. The molecule has 0 aromatic carbocycles. The lowest BCUT2D eigenvalue weighted by Gasteiger charge is -2.39. The molecule has 18 heavy (non-hydrogen) atoms. The second kappa shape index (κ2) is 5.63. The van der Waals surface area contributed by atoms with Gasteiger partial charge in [-0.2, -0.15) is 0 Å². The van der Waals surface area contributed by atoms with E-state index in [4.69, 9.17) is 4.74 Å². The maximum atomic E-state index is 12.2. The molecule has 0 amide bonds. The van der Waals surface area contributed by atoms with Crippen molar-refractivity contribution < 1.29 is 9.53 Å². The number of carbonyl (C=O) groups excluding carboxylic acids is 1. The summed E-state index contributed by atoms with van der Waals surface area (Å²) < 4.78 is 5.83. The van der Waals surface area contributed by atoms with Gasteiger partial charge >= 0.3 is 5.97 Å². The van der Waals surface area contributed by atoms with Crippen molar-refractivity contribution >= 4 is 5.97 Å². The molecule has 0 heterocycles. The van der Waals surface area contributed by atoms with E-state index in [0.29, 0.717) is 5.92 Å². The molecule has 1 saturated carbocycles. The summed E-state index contributed by atoms with van der Waals surface area (Å²) in [6, 6.07) is 0. The average molecular weight is 254 g/mol. The highest BCUT2D eigenvalue weighted by atomic mass is 16.6. The van der Waals surface area contributed by atoms with E-state index in [9.17, 15) is 4.79 Å². The Bertz CT molecular complexity index is 283. The maximum absolute atomic E-state index is 12.2. The minimum atomic E-state index is -0.362. The van der Waals surface area contributed by atoms with E-state index >= 15 is 0 Å². The third-order valence-corrected chi connectivity index (χ3v) is 4.79. The molecule has 1 rings (SSSR count). The molecule has 0 atom stereocenters. The van der Waals surface area contributed by atoms with Gasteiger partial charge in [-0.05, 0) is 58.8 Å². The van der Waals surface area contributed by atoms with Crippen LogP contribution in [-0.4, -0.2) is 11.6 Å². The SMILES string of the molecule is CCC(C)(C)C(=O)OC(C)(C)C1CCC(C)CC1. The summed E-state index contributed by atoms with van der Waals surface area (Å²) in [5.74, 6) is 1.30. The summed E-state index contributed by atoms with van der Waals surface area (Å²) >= 11 is 0. The summed E-state index contributed by atoms with van der Waals surface area (Å²) in [5.41, 5.74) is -0.678. The molecular weight excluding hydrogens is 224 g/mol. The van der Waals surface area contributed by atoms with Crippen LogP contribution < -0.4 is 0 Å². The predicted molar refractivity (Wildman–Crippen MR) is 75.4 cm³/mol. The summed E-state index contributed by atoms with van der Waals surface area (Å²) in [7, 11) is 0. The van der Waals surface area contributed by atoms with Gasteiger partial charge in [-0.25, -0.2) is 0 Å². The molecular formula is C16H30O2. The number of hydrogen-bond donors (Lipinski definition) is 0. The van der Waals surface area contributed by atoms with Crippen molar-refractivity contribution in [1.82, 2.24) is 0 Å². The van der Waals surface area contributed by atoms with E-state index in [0.717, 1.165) is 12.3 Å². The maximum Gasteiger partial charge on any atom is 0.312 e. The van der Waals surface area contributed by atoms with Crippen LogP contribution in [0.3, 0.4) is 0 Å². The van der Waals surface area contributed by atoms with Gasteiger partial charge < -0.3 is 4.74 Å². The zero-order valence-corrected chi connectivity index (χ0v) is 13.0. The molecule has 0 unspecified atom stereocenters. The molecule has 0 spiro atoms. The van der Waals surface area contributed by atoms with Crippen molar-refractivity contribution in [2.24, 2.45) is 17.3 Å². The fourth-order valence-electron chi connectivity index (χ4n) is 2.56. The predicted octanol–water partition coefficient (Wildman–Crippen LogP) is 4.57. The van der Waals surface area contributed by atoms with Crippen LogP contribution in [0.5, 0.6) is 0 Å². The first-order valence-corrected chi connectivity index (χ1v) is 7.42. The van der Waals surface area contributed by atoms with Crippen molar-refractivity contribution in [2.75, 3.05) is 0 Å². The van der Waals surface area contributed by atoms with Crippen molar-refractivity contribution in [3.63, 3.8) is 0 Å². The van der Waals surface area contributed by atoms with Crippen LogP contribution in [0.4, 0.5) is 0 Å². The van der Waals surface area contributed by atoms with Crippen LogP contribution >= 0.6 is 0 Å². The van der Waals surface area contributed by atoms with E-state index in [1.807, 2.05) is 20.8 Å². The Balaban J connectivity index is 2.61. The van der Waals surface area contributed by atoms with Crippen molar-refractivity contribution in [3.8, 4) is 0 Å². The smallest absolute Gasteiger partial charge is 0.312 e. The number of ether oxygens (including phenoxy) is 1. The molecule has 0 aromatic rings. The molecule has 0 bridgehead atoms. The van der Waals surface area contributed by atoms with E-state index in [-0.39, 0.29) is 17.0 Å². The van der Waals surface area contributed by atoms with E-state index in [1.165, 1.54) is 25.7 Å². The second-order valence-electron chi connectivity index (χ2n) is 7.19. The Morgan fingerprint density at radius 2 is 1.61 bits per heavy atom. The van der Waals surface area contributed by atoms with Crippen LogP contribution in [0, 0.1) is 17.3 Å². The fourth-order valence-corrected chi connectivity index (χ4v) is 2.56. The molecule has 0 radical (unpaired) electrons. The van der Waals surface area contributed by atoms with Gasteiger partial charge in [0, 0.05) is 0 Å². The highest BCUT2D eigenvalue weighted by molar-refractivity contribution is 5.76. The van der Waals surface area contributed by atoms with E-state index < -0.39 is 0 Å². The van der Waals surface area contributed by atoms with Gasteiger partial charge in [0.25, 0.3) is 0 Å². The third-order valence-electron chi connectivity index (χ3n) is 4.79. The Labute approximate surface area is 112 Å². The zero-order valence-electron chi connectivity index (χ0n) is 13.0. The highest BCUT2D eigenvalue weighted by Gasteiger charge is 2.38. The minimum Gasteiger partial charge on any atom is -0.459 e. The Kier molecular flexibility index (Phi) is 4.85. The molecule has 1 aliphatic carbocycles. The highest BCUT2D eigenvalue weighted by Crippen LogP contribution is 2.38. The second-order valence-corrected chi connectivity index (χ2v) is 7.19. The van der Waals surface area contributed by atoms with Crippen LogP contribution in [-0.2, 0) is 9.53 Å². The molecule has 1 aliphatic rings. The quantitative estimate of drug-likeness (QED) is 0.687. The molecule has 0 saturated heterocycles. The minimum absolute atomic E-state index is 0.0476. The van der Waals surface area contributed by atoms with Gasteiger partial charge in [0.05, 0.1) is 5.41 Å². The third kappa shape index (κ3) is 3.73. The molecule has 2 heteroatoms. The average Bonchev–Trinajstić information content (AvgIpc) is 2.29. The zero-order chi connectivity index (χ0) is 14.0. The van der Waals surface area contributed by atoms with Gasteiger partial charge in [0.1, 0.15) is 5.60 Å². The lowest BCUT2D eigenvalue weighted by molar-refractivity contribution is -0.174. The first-order valence-electron chi connectivity index (χ1n) is 7.42. The molecule has 2 nitrogen and oxygen atoms in total. The molecule has 106 valence electrons. The van der Waals surface area contributed by atoms with Gasteiger partial charge in [-0.15, -0.1) is 0 Å². The monoisotopic (exact) mass is 254 g/mol. The Morgan fingerprint density at radius 1 is 1.11 bits per heavy atom. The lowest BCUT2D eigenvalue weighted by Crippen LogP contribution is -2.42.